The number of aromatic hydroxyl groups is 1. The van der Waals surface area contributed by atoms with Crippen LogP contribution in [0.25, 0.3) is 0 Å². The van der Waals surface area contributed by atoms with Crippen LogP contribution >= 0.6 is 11.8 Å². The average molecular weight is 260 g/mol. The summed E-state index contributed by atoms with van der Waals surface area (Å²) in [6, 6.07) is 17.4. The van der Waals surface area contributed by atoms with Crippen molar-refractivity contribution in [2.24, 2.45) is 0 Å². The minimum Gasteiger partial charge on any atom is -0.508 e. The summed E-state index contributed by atoms with van der Waals surface area (Å²) in [5.74, 6) is 1.88. The van der Waals surface area contributed by atoms with Gasteiger partial charge in [0.1, 0.15) is 5.75 Å². The second kappa shape index (κ2) is 7.09. The predicted molar refractivity (Wildman–Crippen MR) is 75.5 cm³/mol. The highest BCUT2D eigenvalue weighted by Gasteiger charge is 1.95. The molecule has 2 rings (SSSR count). The highest BCUT2D eigenvalue weighted by atomic mass is 32.2. The van der Waals surface area contributed by atoms with E-state index in [1.165, 1.54) is 11.1 Å². The van der Waals surface area contributed by atoms with Gasteiger partial charge >= 0.3 is 0 Å². The molecule has 0 aromatic heterocycles. The molecule has 18 heavy (non-hydrogen) atoms. The molecule has 2 aromatic carbocycles. The quantitative estimate of drug-likeness (QED) is 0.633. The lowest BCUT2D eigenvalue weighted by Gasteiger charge is -2.04. The van der Waals surface area contributed by atoms with Crippen molar-refractivity contribution >= 4 is 11.8 Å². The van der Waals surface area contributed by atoms with Gasteiger partial charge in [0, 0.05) is 5.75 Å². The van der Waals surface area contributed by atoms with E-state index in [-0.39, 0.29) is 0 Å². The van der Waals surface area contributed by atoms with Crippen LogP contribution < -0.4 is 0 Å². The number of benzene rings is 2. The second-order valence-corrected chi connectivity index (χ2v) is 4.90. The Labute approximate surface area is 112 Å². The minimum absolute atomic E-state index is 0.309. The molecular formula is C15H16O2S. The number of rotatable bonds is 6. The van der Waals surface area contributed by atoms with Crippen LogP contribution in [0.4, 0.5) is 0 Å². The molecule has 2 aromatic rings. The Morgan fingerprint density at radius 1 is 0.889 bits per heavy atom. The molecule has 0 aliphatic rings. The number of phenols is 1. The third-order valence-electron chi connectivity index (χ3n) is 2.48. The van der Waals surface area contributed by atoms with E-state index in [2.05, 4.69) is 12.1 Å². The summed E-state index contributed by atoms with van der Waals surface area (Å²) in [5, 5.41) is 9.16. The van der Waals surface area contributed by atoms with Crippen molar-refractivity contribution < 1.29 is 9.84 Å². The molecule has 0 saturated heterocycles. The van der Waals surface area contributed by atoms with Crippen molar-refractivity contribution in [3.05, 3.63) is 65.7 Å². The molecule has 0 amide bonds. The van der Waals surface area contributed by atoms with Gasteiger partial charge in [-0.1, -0.05) is 42.5 Å². The van der Waals surface area contributed by atoms with E-state index in [1.807, 2.05) is 30.3 Å². The van der Waals surface area contributed by atoms with E-state index in [9.17, 15) is 0 Å². The van der Waals surface area contributed by atoms with Crippen LogP contribution in [0.3, 0.4) is 0 Å². The first-order valence-corrected chi connectivity index (χ1v) is 6.97. The van der Waals surface area contributed by atoms with Crippen LogP contribution in [0.2, 0.25) is 0 Å². The van der Waals surface area contributed by atoms with Gasteiger partial charge in [0.25, 0.3) is 0 Å². The van der Waals surface area contributed by atoms with Crippen LogP contribution in [0.15, 0.2) is 54.6 Å². The summed E-state index contributed by atoms with van der Waals surface area (Å²) in [5.41, 5.74) is 2.39. The van der Waals surface area contributed by atoms with Gasteiger partial charge in [-0.25, -0.2) is 0 Å². The van der Waals surface area contributed by atoms with Gasteiger partial charge < -0.3 is 9.84 Å². The van der Waals surface area contributed by atoms with Gasteiger partial charge in [-0.2, -0.15) is 0 Å². The number of hydrogen-bond donors (Lipinski definition) is 1. The van der Waals surface area contributed by atoms with Gasteiger partial charge in [0.2, 0.25) is 0 Å². The third-order valence-corrected chi connectivity index (χ3v) is 3.35. The SMILES string of the molecule is Oc1ccc(CSCOCc2ccccc2)cc1. The molecule has 0 heterocycles. The standard InChI is InChI=1S/C15H16O2S/c16-15-8-6-14(7-9-15)11-18-12-17-10-13-4-2-1-3-5-13/h1-9,16H,10-12H2. The van der Waals surface area contributed by atoms with Crippen molar-refractivity contribution in [2.45, 2.75) is 12.4 Å². The van der Waals surface area contributed by atoms with Crippen molar-refractivity contribution in [1.29, 1.82) is 0 Å². The number of ether oxygens (including phenoxy) is 1. The first kappa shape index (κ1) is 13.0. The lowest BCUT2D eigenvalue weighted by molar-refractivity contribution is 0.169. The zero-order valence-corrected chi connectivity index (χ0v) is 10.9. The van der Waals surface area contributed by atoms with Crippen LogP contribution in [0.1, 0.15) is 11.1 Å². The molecule has 94 valence electrons. The van der Waals surface area contributed by atoms with Crippen LogP contribution in [0, 0.1) is 0 Å². The average Bonchev–Trinajstić information content (AvgIpc) is 2.42. The van der Waals surface area contributed by atoms with E-state index >= 15 is 0 Å². The van der Waals surface area contributed by atoms with Crippen molar-refractivity contribution in [3.8, 4) is 5.75 Å². The summed E-state index contributed by atoms with van der Waals surface area (Å²) in [4.78, 5) is 0. The molecule has 0 saturated carbocycles. The zero-order chi connectivity index (χ0) is 12.6. The number of hydrogen-bond acceptors (Lipinski definition) is 3. The third kappa shape index (κ3) is 4.43. The molecule has 0 bridgehead atoms. The molecule has 1 N–H and O–H groups in total. The maximum atomic E-state index is 9.16. The number of thioether (sulfide) groups is 1. The Hall–Kier alpha value is -1.45. The highest BCUT2D eigenvalue weighted by molar-refractivity contribution is 7.98. The fourth-order valence-corrected chi connectivity index (χ4v) is 2.26. The van der Waals surface area contributed by atoms with Gasteiger partial charge in [0.15, 0.2) is 0 Å². The van der Waals surface area contributed by atoms with E-state index in [4.69, 9.17) is 9.84 Å². The number of phenolic OH excluding ortho intramolecular Hbond substituents is 1. The second-order valence-electron chi connectivity index (χ2n) is 3.97. The fraction of sp³-hybridized carbons (Fsp3) is 0.200. The summed E-state index contributed by atoms with van der Waals surface area (Å²) in [6.07, 6.45) is 0. The summed E-state index contributed by atoms with van der Waals surface area (Å²) >= 11 is 1.73. The monoisotopic (exact) mass is 260 g/mol. The Balaban J connectivity index is 1.63. The van der Waals surface area contributed by atoms with Crippen LogP contribution in [-0.2, 0) is 17.1 Å². The largest absolute Gasteiger partial charge is 0.508 e. The Kier molecular flexibility index (Phi) is 5.12. The van der Waals surface area contributed by atoms with Gasteiger partial charge in [-0.3, -0.25) is 0 Å². The van der Waals surface area contributed by atoms with E-state index in [0.717, 1.165) is 5.75 Å². The summed E-state index contributed by atoms with van der Waals surface area (Å²) in [6.45, 7) is 0.656. The van der Waals surface area contributed by atoms with E-state index < -0.39 is 0 Å². The predicted octanol–water partition coefficient (Wildman–Crippen LogP) is 3.80. The Bertz CT molecular complexity index is 454. The first-order valence-electron chi connectivity index (χ1n) is 5.82. The van der Waals surface area contributed by atoms with E-state index in [0.29, 0.717) is 18.3 Å². The lowest BCUT2D eigenvalue weighted by Crippen LogP contribution is -1.92. The molecule has 2 nitrogen and oxygen atoms in total. The Morgan fingerprint density at radius 3 is 2.33 bits per heavy atom. The Morgan fingerprint density at radius 2 is 1.61 bits per heavy atom. The molecule has 0 aliphatic heterocycles. The molecule has 0 atom stereocenters. The normalized spacial score (nSPS) is 10.4. The minimum atomic E-state index is 0.309. The highest BCUT2D eigenvalue weighted by Crippen LogP contribution is 2.16. The molecule has 0 radical (unpaired) electrons. The fourth-order valence-electron chi connectivity index (χ4n) is 1.54. The molecule has 0 aliphatic carbocycles. The smallest absolute Gasteiger partial charge is 0.115 e. The van der Waals surface area contributed by atoms with Crippen molar-refractivity contribution in [3.63, 3.8) is 0 Å². The van der Waals surface area contributed by atoms with Gasteiger partial charge in [-0.15, -0.1) is 11.8 Å². The first-order chi connectivity index (χ1) is 8.84. The van der Waals surface area contributed by atoms with Gasteiger partial charge in [-0.05, 0) is 23.3 Å². The molecule has 0 fully saturated rings. The molecule has 0 spiro atoms. The van der Waals surface area contributed by atoms with Crippen molar-refractivity contribution in [2.75, 3.05) is 5.94 Å². The van der Waals surface area contributed by atoms with Crippen molar-refractivity contribution in [1.82, 2.24) is 0 Å². The summed E-state index contributed by atoms with van der Waals surface area (Å²) in [7, 11) is 0. The summed E-state index contributed by atoms with van der Waals surface area (Å²) < 4.78 is 5.58. The maximum absolute atomic E-state index is 9.16. The maximum Gasteiger partial charge on any atom is 0.115 e. The van der Waals surface area contributed by atoms with Gasteiger partial charge in [0.05, 0.1) is 12.5 Å². The topological polar surface area (TPSA) is 29.5 Å². The zero-order valence-electron chi connectivity index (χ0n) is 10.1. The van der Waals surface area contributed by atoms with Crippen LogP contribution in [0.5, 0.6) is 5.75 Å². The van der Waals surface area contributed by atoms with Crippen LogP contribution in [-0.4, -0.2) is 11.0 Å². The molecular weight excluding hydrogens is 244 g/mol. The molecule has 0 unspecified atom stereocenters. The molecule has 3 heteroatoms. The van der Waals surface area contributed by atoms with E-state index in [1.54, 1.807) is 23.9 Å². The lowest BCUT2D eigenvalue weighted by atomic mass is 10.2.